The van der Waals surface area contributed by atoms with Crippen LogP contribution in [-0.4, -0.2) is 32.4 Å². The molecule has 0 aliphatic rings. The van der Waals surface area contributed by atoms with Crippen molar-refractivity contribution in [3.8, 4) is 5.69 Å². The normalized spacial score (nSPS) is 12.3. The van der Waals surface area contributed by atoms with E-state index in [1.165, 1.54) is 53.1 Å². The lowest BCUT2D eigenvalue weighted by molar-refractivity contribution is -0.144. The van der Waals surface area contributed by atoms with Crippen LogP contribution in [-0.2, 0) is 9.53 Å². The SMILES string of the molecule is CC[C@@H](C(=O)OC)n1cnc2c(cnn2-c2ccc(F)cc2)c1=O. The number of methoxy groups -OCH3 is 1. The molecule has 24 heavy (non-hydrogen) atoms. The van der Waals surface area contributed by atoms with E-state index in [9.17, 15) is 14.0 Å². The van der Waals surface area contributed by atoms with Gasteiger partial charge in [0.15, 0.2) is 5.65 Å². The number of esters is 1. The fourth-order valence-electron chi connectivity index (χ4n) is 2.53. The number of ether oxygens (including phenoxy) is 1. The molecule has 0 aliphatic heterocycles. The molecule has 1 atom stereocenters. The molecule has 2 aromatic heterocycles. The second kappa shape index (κ2) is 6.23. The Hall–Kier alpha value is -3.03. The van der Waals surface area contributed by atoms with E-state index in [0.29, 0.717) is 17.8 Å². The van der Waals surface area contributed by atoms with Gasteiger partial charge in [-0.1, -0.05) is 6.92 Å². The van der Waals surface area contributed by atoms with E-state index in [1.807, 2.05) is 0 Å². The van der Waals surface area contributed by atoms with E-state index in [0.717, 1.165) is 0 Å². The Morgan fingerprint density at radius 2 is 2.04 bits per heavy atom. The van der Waals surface area contributed by atoms with Crippen molar-refractivity contribution in [2.75, 3.05) is 7.11 Å². The molecule has 0 saturated carbocycles. The minimum Gasteiger partial charge on any atom is -0.467 e. The molecular formula is C16H15FN4O3. The van der Waals surface area contributed by atoms with Gasteiger partial charge in [0, 0.05) is 0 Å². The summed E-state index contributed by atoms with van der Waals surface area (Å²) < 4.78 is 20.5. The summed E-state index contributed by atoms with van der Waals surface area (Å²) in [4.78, 5) is 28.7. The van der Waals surface area contributed by atoms with Gasteiger partial charge in [0.1, 0.15) is 23.6 Å². The van der Waals surface area contributed by atoms with Gasteiger partial charge in [0.25, 0.3) is 5.56 Å². The predicted molar refractivity (Wildman–Crippen MR) is 84.4 cm³/mol. The molecule has 3 aromatic rings. The molecule has 1 aromatic carbocycles. The maximum Gasteiger partial charge on any atom is 0.329 e. The maximum absolute atomic E-state index is 13.1. The average Bonchev–Trinajstić information content (AvgIpc) is 3.02. The molecule has 0 aliphatic carbocycles. The molecule has 0 fully saturated rings. The van der Waals surface area contributed by atoms with Crippen LogP contribution in [0.3, 0.4) is 0 Å². The van der Waals surface area contributed by atoms with Crippen LogP contribution in [0.4, 0.5) is 4.39 Å². The third kappa shape index (κ3) is 2.55. The summed E-state index contributed by atoms with van der Waals surface area (Å²) in [5, 5.41) is 4.42. The zero-order valence-corrected chi connectivity index (χ0v) is 13.1. The van der Waals surface area contributed by atoms with Crippen molar-refractivity contribution in [2.24, 2.45) is 0 Å². The largest absolute Gasteiger partial charge is 0.467 e. The van der Waals surface area contributed by atoms with Gasteiger partial charge >= 0.3 is 5.97 Å². The third-order valence-corrected chi connectivity index (χ3v) is 3.78. The highest BCUT2D eigenvalue weighted by Crippen LogP contribution is 2.16. The minimum absolute atomic E-state index is 0.268. The summed E-state index contributed by atoms with van der Waals surface area (Å²) in [5.74, 6) is -0.874. The highest BCUT2D eigenvalue weighted by Gasteiger charge is 2.22. The van der Waals surface area contributed by atoms with E-state index >= 15 is 0 Å². The van der Waals surface area contributed by atoms with Gasteiger partial charge in [-0.2, -0.15) is 5.10 Å². The van der Waals surface area contributed by atoms with Gasteiger partial charge in [-0.15, -0.1) is 0 Å². The third-order valence-electron chi connectivity index (χ3n) is 3.78. The molecule has 0 N–H and O–H groups in total. The average molecular weight is 330 g/mol. The summed E-state index contributed by atoms with van der Waals surface area (Å²) in [5.41, 5.74) is 0.532. The lowest BCUT2D eigenvalue weighted by Gasteiger charge is -2.15. The second-order valence-corrected chi connectivity index (χ2v) is 5.17. The number of halogens is 1. The van der Waals surface area contributed by atoms with Crippen molar-refractivity contribution >= 4 is 17.0 Å². The molecule has 124 valence electrons. The van der Waals surface area contributed by atoms with Crippen molar-refractivity contribution in [2.45, 2.75) is 19.4 Å². The number of carbonyl (C=O) groups is 1. The summed E-state index contributed by atoms with van der Waals surface area (Å²) in [6.45, 7) is 1.78. The Kier molecular flexibility index (Phi) is 4.11. The molecule has 3 rings (SSSR count). The van der Waals surface area contributed by atoms with Crippen LogP contribution in [0.15, 0.2) is 41.6 Å². The van der Waals surface area contributed by atoms with Gasteiger partial charge in [-0.05, 0) is 30.7 Å². The van der Waals surface area contributed by atoms with E-state index < -0.39 is 12.0 Å². The summed E-state index contributed by atoms with van der Waals surface area (Å²) in [6, 6.07) is 4.94. The van der Waals surface area contributed by atoms with Gasteiger partial charge in [-0.3, -0.25) is 9.36 Å². The Morgan fingerprint density at radius 3 is 2.67 bits per heavy atom. The summed E-state index contributed by atoms with van der Waals surface area (Å²) in [7, 11) is 1.27. The van der Waals surface area contributed by atoms with E-state index in [2.05, 4.69) is 10.1 Å². The van der Waals surface area contributed by atoms with E-state index in [1.54, 1.807) is 6.92 Å². The Labute approximate surface area is 136 Å². The molecule has 0 bridgehead atoms. The molecular weight excluding hydrogens is 315 g/mol. The van der Waals surface area contributed by atoms with Crippen molar-refractivity contribution in [1.82, 2.24) is 19.3 Å². The Bertz CT molecular complexity index is 946. The first-order valence-electron chi connectivity index (χ1n) is 7.35. The van der Waals surface area contributed by atoms with Gasteiger partial charge in [0.05, 0.1) is 19.0 Å². The summed E-state index contributed by atoms with van der Waals surface area (Å²) in [6.07, 6.45) is 3.08. The molecule has 0 saturated heterocycles. The van der Waals surface area contributed by atoms with Crippen molar-refractivity contribution < 1.29 is 13.9 Å². The lowest BCUT2D eigenvalue weighted by Crippen LogP contribution is -2.30. The zero-order chi connectivity index (χ0) is 17.3. The highest BCUT2D eigenvalue weighted by atomic mass is 19.1. The lowest BCUT2D eigenvalue weighted by atomic mass is 10.2. The number of nitrogens with zero attached hydrogens (tertiary/aromatic N) is 4. The Morgan fingerprint density at radius 1 is 1.33 bits per heavy atom. The standard InChI is InChI=1S/C16H15FN4O3/c1-3-13(16(23)24-2)20-9-18-14-12(15(20)22)8-19-21(14)11-6-4-10(17)5-7-11/h4-9,13H,3H2,1-2H3/t13-/m0/s1. The first-order valence-corrected chi connectivity index (χ1v) is 7.35. The quantitative estimate of drug-likeness (QED) is 0.682. The van der Waals surface area contributed by atoms with Crippen LogP contribution in [0.1, 0.15) is 19.4 Å². The first kappa shape index (κ1) is 15.9. The van der Waals surface area contributed by atoms with Crippen molar-refractivity contribution in [3.63, 3.8) is 0 Å². The zero-order valence-electron chi connectivity index (χ0n) is 13.1. The molecule has 8 heteroatoms. The van der Waals surface area contributed by atoms with Crippen LogP contribution >= 0.6 is 0 Å². The smallest absolute Gasteiger partial charge is 0.329 e. The number of hydrogen-bond donors (Lipinski definition) is 0. The van der Waals surface area contributed by atoms with Crippen LogP contribution in [0, 0.1) is 5.82 Å². The van der Waals surface area contributed by atoms with Gasteiger partial charge in [-0.25, -0.2) is 18.9 Å². The van der Waals surface area contributed by atoms with Crippen LogP contribution in [0.2, 0.25) is 0 Å². The highest BCUT2D eigenvalue weighted by molar-refractivity contribution is 5.77. The number of carbonyl (C=O) groups excluding carboxylic acids is 1. The molecule has 2 heterocycles. The molecule has 0 unspecified atom stereocenters. The summed E-state index contributed by atoms with van der Waals surface area (Å²) >= 11 is 0. The molecule has 0 radical (unpaired) electrons. The van der Waals surface area contributed by atoms with Crippen molar-refractivity contribution in [1.29, 1.82) is 0 Å². The number of fused-ring (bicyclic) bond motifs is 1. The number of aromatic nitrogens is 4. The predicted octanol–water partition coefficient (Wildman–Crippen LogP) is 1.85. The number of rotatable bonds is 4. The van der Waals surface area contributed by atoms with Crippen LogP contribution in [0.5, 0.6) is 0 Å². The van der Waals surface area contributed by atoms with E-state index in [-0.39, 0.29) is 16.8 Å². The topological polar surface area (TPSA) is 79.0 Å². The molecule has 0 spiro atoms. The van der Waals surface area contributed by atoms with Crippen LogP contribution in [0.25, 0.3) is 16.7 Å². The van der Waals surface area contributed by atoms with Gasteiger partial charge in [0.2, 0.25) is 0 Å². The monoisotopic (exact) mass is 330 g/mol. The minimum atomic E-state index is -0.742. The molecule has 0 amide bonds. The number of hydrogen-bond acceptors (Lipinski definition) is 5. The Balaban J connectivity index is 2.13. The van der Waals surface area contributed by atoms with E-state index in [4.69, 9.17) is 4.74 Å². The van der Waals surface area contributed by atoms with Crippen LogP contribution < -0.4 is 5.56 Å². The number of benzene rings is 1. The fraction of sp³-hybridized carbons (Fsp3) is 0.250. The second-order valence-electron chi connectivity index (χ2n) is 5.17. The first-order chi connectivity index (χ1) is 11.6. The molecule has 7 nitrogen and oxygen atoms in total. The van der Waals surface area contributed by atoms with Crippen molar-refractivity contribution in [3.05, 3.63) is 53.0 Å². The fourth-order valence-corrected chi connectivity index (χ4v) is 2.53. The van der Waals surface area contributed by atoms with Gasteiger partial charge < -0.3 is 4.74 Å². The maximum atomic E-state index is 13.1.